The van der Waals surface area contributed by atoms with Crippen LogP contribution in [0.1, 0.15) is 16.7 Å². The van der Waals surface area contributed by atoms with Crippen molar-refractivity contribution in [2.75, 3.05) is 13.3 Å². The molecule has 0 fully saturated rings. The topological polar surface area (TPSA) is 37.4 Å². The summed E-state index contributed by atoms with van der Waals surface area (Å²) >= 11 is 1.67. The lowest BCUT2D eigenvalue weighted by molar-refractivity contribution is 0.466. The van der Waals surface area contributed by atoms with Crippen LogP contribution in [0.5, 0.6) is 0 Å². The average Bonchev–Trinajstić information content (AvgIpc) is 2.47. The van der Waals surface area contributed by atoms with Gasteiger partial charge in [0.1, 0.15) is 0 Å². The molecule has 3 nitrogen and oxygen atoms in total. The SMILES string of the molecule is CSc1ccc(CN(C)S(=O)(=O)c2ccc(C)cc2C)cc1. The van der Waals surface area contributed by atoms with E-state index in [1.807, 2.05) is 56.5 Å². The van der Waals surface area contributed by atoms with E-state index in [0.29, 0.717) is 11.4 Å². The zero-order valence-electron chi connectivity index (χ0n) is 13.3. The van der Waals surface area contributed by atoms with Crippen LogP contribution in [0.3, 0.4) is 0 Å². The van der Waals surface area contributed by atoms with Crippen molar-refractivity contribution in [2.24, 2.45) is 0 Å². The fraction of sp³-hybridized carbons (Fsp3) is 0.294. The molecule has 0 unspecified atom stereocenters. The number of sulfonamides is 1. The molecule has 2 aromatic carbocycles. The zero-order valence-corrected chi connectivity index (χ0v) is 15.0. The highest BCUT2D eigenvalue weighted by molar-refractivity contribution is 7.98. The molecular formula is C17H21NO2S2. The monoisotopic (exact) mass is 335 g/mol. The molecule has 2 rings (SSSR count). The molecular weight excluding hydrogens is 314 g/mol. The maximum Gasteiger partial charge on any atom is 0.243 e. The Kier molecular flexibility index (Phi) is 5.32. The molecule has 0 radical (unpaired) electrons. The van der Waals surface area contributed by atoms with Gasteiger partial charge in [-0.15, -0.1) is 11.8 Å². The second kappa shape index (κ2) is 6.86. The van der Waals surface area contributed by atoms with Crippen LogP contribution in [-0.4, -0.2) is 26.0 Å². The number of hydrogen-bond donors (Lipinski definition) is 0. The largest absolute Gasteiger partial charge is 0.243 e. The molecule has 0 saturated carbocycles. The minimum absolute atomic E-state index is 0.365. The van der Waals surface area contributed by atoms with Crippen LogP contribution < -0.4 is 0 Å². The zero-order chi connectivity index (χ0) is 16.3. The average molecular weight is 335 g/mol. The van der Waals surface area contributed by atoms with E-state index in [0.717, 1.165) is 16.7 Å². The predicted molar refractivity (Wildman–Crippen MR) is 92.8 cm³/mol. The third-order valence-corrected chi connectivity index (χ3v) is 6.29. The summed E-state index contributed by atoms with van der Waals surface area (Å²) in [7, 11) is -1.85. The molecule has 0 atom stereocenters. The quantitative estimate of drug-likeness (QED) is 0.779. The number of rotatable bonds is 5. The Bertz CT molecular complexity index is 753. The molecule has 0 aliphatic carbocycles. The van der Waals surface area contributed by atoms with Gasteiger partial charge in [-0.3, -0.25) is 0 Å². The molecule has 0 bridgehead atoms. The van der Waals surface area contributed by atoms with E-state index >= 15 is 0 Å². The van der Waals surface area contributed by atoms with Crippen molar-refractivity contribution in [2.45, 2.75) is 30.2 Å². The molecule has 0 spiro atoms. The van der Waals surface area contributed by atoms with Gasteiger partial charge in [0.2, 0.25) is 10.0 Å². The summed E-state index contributed by atoms with van der Waals surface area (Å²) in [5.74, 6) is 0. The van der Waals surface area contributed by atoms with Crippen molar-refractivity contribution in [3.63, 3.8) is 0 Å². The highest BCUT2D eigenvalue weighted by atomic mass is 32.2. The number of benzene rings is 2. The van der Waals surface area contributed by atoms with Gasteiger partial charge in [-0.25, -0.2) is 8.42 Å². The van der Waals surface area contributed by atoms with Crippen molar-refractivity contribution in [3.05, 3.63) is 59.2 Å². The van der Waals surface area contributed by atoms with Gasteiger partial charge in [-0.2, -0.15) is 4.31 Å². The third kappa shape index (κ3) is 3.72. The van der Waals surface area contributed by atoms with E-state index < -0.39 is 10.0 Å². The molecule has 0 aliphatic heterocycles. The van der Waals surface area contributed by atoms with Gasteiger partial charge in [0.15, 0.2) is 0 Å². The Morgan fingerprint density at radius 2 is 1.68 bits per heavy atom. The van der Waals surface area contributed by atoms with Crippen LogP contribution in [0, 0.1) is 13.8 Å². The fourth-order valence-electron chi connectivity index (χ4n) is 2.33. The molecule has 0 aliphatic rings. The summed E-state index contributed by atoms with van der Waals surface area (Å²) in [4.78, 5) is 1.55. The summed E-state index contributed by atoms with van der Waals surface area (Å²) in [5, 5.41) is 0. The second-order valence-corrected chi connectivity index (χ2v) is 8.27. The van der Waals surface area contributed by atoms with Gasteiger partial charge < -0.3 is 0 Å². The number of hydrogen-bond acceptors (Lipinski definition) is 3. The van der Waals surface area contributed by atoms with E-state index in [-0.39, 0.29) is 0 Å². The summed E-state index contributed by atoms with van der Waals surface area (Å²) in [6.07, 6.45) is 2.02. The lowest BCUT2D eigenvalue weighted by Gasteiger charge is -2.19. The smallest absolute Gasteiger partial charge is 0.207 e. The van der Waals surface area contributed by atoms with Crippen LogP contribution in [0.25, 0.3) is 0 Å². The predicted octanol–water partition coefficient (Wildman–Crippen LogP) is 3.85. The highest BCUT2D eigenvalue weighted by Crippen LogP contribution is 2.22. The van der Waals surface area contributed by atoms with Gasteiger partial charge in [-0.1, -0.05) is 29.8 Å². The summed E-state index contributed by atoms with van der Waals surface area (Å²) < 4.78 is 26.8. The Morgan fingerprint density at radius 3 is 2.23 bits per heavy atom. The molecule has 118 valence electrons. The van der Waals surface area contributed by atoms with Gasteiger partial charge >= 0.3 is 0 Å². The van der Waals surface area contributed by atoms with Crippen LogP contribution >= 0.6 is 11.8 Å². The molecule has 22 heavy (non-hydrogen) atoms. The molecule has 0 N–H and O–H groups in total. The van der Waals surface area contributed by atoms with Crippen LogP contribution in [0.4, 0.5) is 0 Å². The lowest BCUT2D eigenvalue weighted by Crippen LogP contribution is -2.27. The molecule has 0 saturated heterocycles. The van der Waals surface area contributed by atoms with Crippen molar-refractivity contribution in [3.8, 4) is 0 Å². The highest BCUT2D eigenvalue weighted by Gasteiger charge is 2.22. The summed E-state index contributed by atoms with van der Waals surface area (Å²) in [6, 6.07) is 13.4. The van der Waals surface area contributed by atoms with E-state index in [1.165, 1.54) is 9.20 Å². The fourth-order valence-corrected chi connectivity index (χ4v) is 4.10. The number of thioether (sulfide) groups is 1. The van der Waals surface area contributed by atoms with Gasteiger partial charge in [0.05, 0.1) is 4.90 Å². The van der Waals surface area contributed by atoms with E-state index in [9.17, 15) is 8.42 Å². The maximum atomic E-state index is 12.7. The standard InChI is InChI=1S/C17H21NO2S2/c1-13-5-10-17(14(2)11-13)22(19,20)18(3)12-15-6-8-16(21-4)9-7-15/h5-11H,12H2,1-4H3. The molecule has 0 amide bonds. The molecule has 5 heteroatoms. The van der Waals surface area contributed by atoms with Crippen molar-refractivity contribution in [1.82, 2.24) is 4.31 Å². The van der Waals surface area contributed by atoms with Gasteiger partial charge in [0, 0.05) is 18.5 Å². The normalized spacial score (nSPS) is 11.9. The van der Waals surface area contributed by atoms with Crippen molar-refractivity contribution >= 4 is 21.8 Å². The van der Waals surface area contributed by atoms with Crippen LogP contribution in [0.15, 0.2) is 52.3 Å². The number of nitrogens with zero attached hydrogens (tertiary/aromatic N) is 1. The Labute approximate surface area is 137 Å². The van der Waals surface area contributed by atoms with Crippen LogP contribution in [0.2, 0.25) is 0 Å². The molecule has 0 aromatic heterocycles. The maximum absolute atomic E-state index is 12.7. The van der Waals surface area contributed by atoms with Gasteiger partial charge in [-0.05, 0) is 49.4 Å². The minimum atomic E-state index is -3.47. The summed E-state index contributed by atoms with van der Waals surface area (Å²) in [5.41, 5.74) is 2.82. The van der Waals surface area contributed by atoms with E-state index in [1.54, 1.807) is 24.9 Å². The molecule has 2 aromatic rings. The second-order valence-electron chi connectivity index (χ2n) is 5.38. The van der Waals surface area contributed by atoms with Crippen molar-refractivity contribution < 1.29 is 8.42 Å². The lowest BCUT2D eigenvalue weighted by atomic mass is 10.2. The Hall–Kier alpha value is -1.30. The third-order valence-electron chi connectivity index (χ3n) is 3.58. The van der Waals surface area contributed by atoms with Crippen LogP contribution in [-0.2, 0) is 16.6 Å². The first-order valence-corrected chi connectivity index (χ1v) is 9.67. The van der Waals surface area contributed by atoms with Gasteiger partial charge in [0.25, 0.3) is 0 Å². The minimum Gasteiger partial charge on any atom is -0.207 e. The first-order chi connectivity index (χ1) is 10.3. The van der Waals surface area contributed by atoms with E-state index in [4.69, 9.17) is 0 Å². The Morgan fingerprint density at radius 1 is 1.05 bits per heavy atom. The van der Waals surface area contributed by atoms with Crippen molar-refractivity contribution in [1.29, 1.82) is 0 Å². The number of aryl methyl sites for hydroxylation is 2. The molecule has 0 heterocycles. The first kappa shape index (κ1) is 17.1. The first-order valence-electron chi connectivity index (χ1n) is 7.01. The van der Waals surface area contributed by atoms with E-state index in [2.05, 4.69) is 0 Å². The Balaban J connectivity index is 2.24. The summed E-state index contributed by atoms with van der Waals surface area (Å²) in [6.45, 7) is 4.16.